The van der Waals surface area contributed by atoms with Gasteiger partial charge in [-0.3, -0.25) is 0 Å². The Morgan fingerprint density at radius 3 is 2.50 bits per heavy atom. The van der Waals surface area contributed by atoms with Gasteiger partial charge in [-0.2, -0.15) is 0 Å². The molecule has 0 aromatic heterocycles. The molecule has 92 valence electrons. The van der Waals surface area contributed by atoms with Gasteiger partial charge in [0, 0.05) is 6.54 Å². The lowest BCUT2D eigenvalue weighted by Crippen LogP contribution is -2.38. The molecule has 2 fully saturated rings. The second-order valence-electron chi connectivity index (χ2n) is 7.98. The fraction of sp³-hybridized carbons (Fsp3) is 1.00. The molecule has 0 aromatic rings. The van der Waals surface area contributed by atoms with Crippen LogP contribution in [0.25, 0.3) is 0 Å². The summed E-state index contributed by atoms with van der Waals surface area (Å²) in [7, 11) is 4.77. The van der Waals surface area contributed by atoms with Gasteiger partial charge >= 0.3 is 0 Å². The normalized spacial score (nSPS) is 44.8. The van der Waals surface area contributed by atoms with Crippen LogP contribution in [-0.4, -0.2) is 32.9 Å². The van der Waals surface area contributed by atoms with Crippen molar-refractivity contribution in [1.29, 1.82) is 0 Å². The Labute approximate surface area is 102 Å². The molecule has 0 radical (unpaired) electrons. The van der Waals surface area contributed by atoms with E-state index in [-0.39, 0.29) is 0 Å². The van der Waals surface area contributed by atoms with Crippen molar-refractivity contribution in [2.45, 2.75) is 51.8 Å². The van der Waals surface area contributed by atoms with E-state index in [1.54, 1.807) is 0 Å². The van der Waals surface area contributed by atoms with Crippen molar-refractivity contribution in [3.8, 4) is 0 Å². The van der Waals surface area contributed by atoms with Gasteiger partial charge in [0.15, 0.2) is 0 Å². The van der Waals surface area contributed by atoms with Gasteiger partial charge in [-0.1, -0.05) is 32.5 Å². The molecule has 3 atom stereocenters. The van der Waals surface area contributed by atoms with Crippen molar-refractivity contribution < 1.29 is 0 Å². The molecule has 2 rings (SSSR count). The summed E-state index contributed by atoms with van der Waals surface area (Å²) in [6, 6.07) is 0. The minimum atomic E-state index is 0.543. The Kier molecular flexibility index (Phi) is 3.16. The van der Waals surface area contributed by atoms with Gasteiger partial charge in [0.1, 0.15) is 7.85 Å². The second kappa shape index (κ2) is 4.05. The molecule has 1 nitrogen and oxygen atoms in total. The van der Waals surface area contributed by atoms with Crippen molar-refractivity contribution >= 4 is 7.85 Å². The monoisotopic (exact) mass is 221 g/mol. The summed E-state index contributed by atoms with van der Waals surface area (Å²) in [5, 5.41) is 0.543. The molecule has 2 heteroatoms. The Morgan fingerprint density at radius 1 is 1.12 bits per heavy atom. The topological polar surface area (TPSA) is 3.24 Å². The van der Waals surface area contributed by atoms with E-state index >= 15 is 0 Å². The van der Waals surface area contributed by atoms with Crippen LogP contribution >= 0.6 is 0 Å². The van der Waals surface area contributed by atoms with Gasteiger partial charge < -0.3 is 4.90 Å². The van der Waals surface area contributed by atoms with Crippen LogP contribution in [0.2, 0.25) is 5.31 Å². The van der Waals surface area contributed by atoms with E-state index in [1.165, 1.54) is 38.8 Å². The van der Waals surface area contributed by atoms with Crippen molar-refractivity contribution in [3.63, 3.8) is 0 Å². The van der Waals surface area contributed by atoms with E-state index in [9.17, 15) is 0 Å². The van der Waals surface area contributed by atoms with E-state index < -0.39 is 0 Å². The number of piperidine rings is 1. The number of rotatable bonds is 0. The summed E-state index contributed by atoms with van der Waals surface area (Å²) in [6.07, 6.45) is 5.72. The number of likely N-dealkylation sites (tertiary alicyclic amines) is 1. The molecule has 1 aliphatic carbocycles. The van der Waals surface area contributed by atoms with E-state index in [1.807, 2.05) is 0 Å². The summed E-state index contributed by atoms with van der Waals surface area (Å²) >= 11 is 0. The molecule has 1 aliphatic heterocycles. The lowest BCUT2D eigenvalue weighted by atomic mass is 9.60. The number of nitrogens with zero attached hydrogens (tertiary/aromatic N) is 1. The molecule has 0 N–H and O–H groups in total. The van der Waals surface area contributed by atoms with Crippen LogP contribution < -0.4 is 0 Å². The number of fused-ring (bicyclic) bond motifs is 1. The molecule has 0 bridgehead atoms. The molecule has 2 aliphatic rings. The highest BCUT2D eigenvalue weighted by atomic mass is 15.1. The summed E-state index contributed by atoms with van der Waals surface area (Å²) < 4.78 is 0. The maximum Gasteiger partial charge on any atom is 0.109 e. The van der Waals surface area contributed by atoms with Crippen LogP contribution in [0.3, 0.4) is 0 Å². The van der Waals surface area contributed by atoms with Crippen LogP contribution in [0, 0.1) is 17.3 Å². The molecule has 0 aromatic carbocycles. The Hall–Kier alpha value is 0.0249. The predicted molar refractivity (Wildman–Crippen MR) is 73.6 cm³/mol. The van der Waals surface area contributed by atoms with Gasteiger partial charge in [-0.15, -0.1) is 0 Å². The van der Waals surface area contributed by atoms with Crippen LogP contribution in [0.4, 0.5) is 0 Å². The summed E-state index contributed by atoms with van der Waals surface area (Å²) in [5.41, 5.74) is 0.554. The highest BCUT2D eigenvalue weighted by Crippen LogP contribution is 2.52. The molecule has 16 heavy (non-hydrogen) atoms. The SMILES string of the molecule is BC1(C)CC2CN(C)CCC2CC(C)(C)C1. The minimum absolute atomic E-state index is 0.543. The molecule has 0 spiro atoms. The zero-order valence-corrected chi connectivity index (χ0v) is 11.8. The number of hydrogen-bond acceptors (Lipinski definition) is 1. The molecular weight excluding hydrogens is 193 g/mol. The van der Waals surface area contributed by atoms with Crippen LogP contribution in [0.5, 0.6) is 0 Å². The molecular formula is C14H28BN. The van der Waals surface area contributed by atoms with Crippen LogP contribution in [0.15, 0.2) is 0 Å². The van der Waals surface area contributed by atoms with Gasteiger partial charge in [0.05, 0.1) is 0 Å². The first-order valence-electron chi connectivity index (χ1n) is 6.96. The van der Waals surface area contributed by atoms with Crippen LogP contribution in [-0.2, 0) is 0 Å². The third-order valence-electron chi connectivity index (χ3n) is 4.68. The van der Waals surface area contributed by atoms with E-state index in [2.05, 4.69) is 40.6 Å². The quantitative estimate of drug-likeness (QED) is 0.568. The molecule has 1 heterocycles. The standard InChI is InChI=1S/C14H28BN/c1-13(2)7-11-5-6-16(4)9-12(11)8-14(3,15)10-13/h11-12H,5-10,15H2,1-4H3. The minimum Gasteiger partial charge on any atom is -0.306 e. The first kappa shape index (κ1) is 12.5. The van der Waals surface area contributed by atoms with E-state index in [4.69, 9.17) is 0 Å². The molecule has 1 saturated carbocycles. The first-order valence-corrected chi connectivity index (χ1v) is 6.96. The summed E-state index contributed by atoms with van der Waals surface area (Å²) in [4.78, 5) is 2.54. The summed E-state index contributed by atoms with van der Waals surface area (Å²) in [6.45, 7) is 10.1. The van der Waals surface area contributed by atoms with Gasteiger partial charge in [0.2, 0.25) is 0 Å². The maximum absolute atomic E-state index is 2.54. The smallest absolute Gasteiger partial charge is 0.109 e. The van der Waals surface area contributed by atoms with E-state index in [0.717, 1.165) is 11.8 Å². The largest absolute Gasteiger partial charge is 0.306 e. The molecule has 1 saturated heterocycles. The fourth-order valence-electron chi connectivity index (χ4n) is 4.62. The lowest BCUT2D eigenvalue weighted by molar-refractivity contribution is 0.116. The highest BCUT2D eigenvalue weighted by Gasteiger charge is 2.41. The van der Waals surface area contributed by atoms with E-state index in [0.29, 0.717) is 10.7 Å². The highest BCUT2D eigenvalue weighted by molar-refractivity contribution is 6.14. The Balaban J connectivity index is 2.16. The third-order valence-corrected chi connectivity index (χ3v) is 4.68. The maximum atomic E-state index is 2.54. The third kappa shape index (κ3) is 2.82. The van der Waals surface area contributed by atoms with Crippen molar-refractivity contribution in [3.05, 3.63) is 0 Å². The predicted octanol–water partition coefficient (Wildman–Crippen LogP) is 2.58. The zero-order chi connectivity index (χ0) is 12.0. The van der Waals surface area contributed by atoms with Crippen molar-refractivity contribution in [1.82, 2.24) is 4.90 Å². The van der Waals surface area contributed by atoms with Crippen LogP contribution in [0.1, 0.15) is 46.5 Å². The number of hydrogen-bond donors (Lipinski definition) is 0. The molecule has 0 amide bonds. The van der Waals surface area contributed by atoms with Gasteiger partial charge in [-0.05, 0) is 50.1 Å². The average Bonchev–Trinajstić information content (AvgIpc) is 2.14. The first-order chi connectivity index (χ1) is 7.27. The lowest BCUT2D eigenvalue weighted by Gasteiger charge is -2.38. The Morgan fingerprint density at radius 2 is 1.81 bits per heavy atom. The Bertz CT molecular complexity index is 259. The second-order valence-corrected chi connectivity index (χ2v) is 7.98. The van der Waals surface area contributed by atoms with Crippen molar-refractivity contribution in [2.75, 3.05) is 20.1 Å². The van der Waals surface area contributed by atoms with Gasteiger partial charge in [0.25, 0.3) is 0 Å². The fourth-order valence-corrected chi connectivity index (χ4v) is 4.62. The summed E-state index contributed by atoms with van der Waals surface area (Å²) in [5.74, 6) is 1.95. The van der Waals surface area contributed by atoms with Crippen molar-refractivity contribution in [2.24, 2.45) is 17.3 Å². The zero-order valence-electron chi connectivity index (χ0n) is 11.8. The average molecular weight is 221 g/mol. The molecule has 3 unspecified atom stereocenters. The van der Waals surface area contributed by atoms with Gasteiger partial charge in [-0.25, -0.2) is 0 Å².